The smallest absolute Gasteiger partial charge is 0.0961 e. The van der Waals surface area contributed by atoms with Gasteiger partial charge in [0, 0.05) is 5.41 Å². The minimum Gasteiger partial charge on any atom is -0.501 e. The molecule has 0 aromatic carbocycles. The molecule has 0 unspecified atom stereocenters. The monoisotopic (exact) mass is 196 g/mol. The fourth-order valence-corrected chi connectivity index (χ4v) is 2.10. The van der Waals surface area contributed by atoms with E-state index in [1.807, 2.05) is 0 Å². The van der Waals surface area contributed by atoms with Crippen LogP contribution in [0, 0.1) is 5.41 Å². The molecule has 0 saturated heterocycles. The Morgan fingerprint density at radius 1 is 0.929 bits per heavy atom. The zero-order chi connectivity index (χ0) is 10.3. The van der Waals surface area contributed by atoms with Crippen molar-refractivity contribution >= 4 is 0 Å². The first-order valence-corrected chi connectivity index (χ1v) is 5.28. The van der Waals surface area contributed by atoms with Crippen LogP contribution in [-0.2, 0) is 9.47 Å². The molecule has 0 spiro atoms. The van der Waals surface area contributed by atoms with Crippen LogP contribution in [0.1, 0.15) is 32.1 Å². The molecule has 1 aliphatic rings. The molecule has 0 heterocycles. The number of hydrogen-bond donors (Lipinski definition) is 0. The van der Waals surface area contributed by atoms with Gasteiger partial charge in [-0.1, -0.05) is 32.4 Å². The van der Waals surface area contributed by atoms with Crippen LogP contribution in [0.4, 0.5) is 0 Å². The Kier molecular flexibility index (Phi) is 4.57. The summed E-state index contributed by atoms with van der Waals surface area (Å²) in [6, 6.07) is 0. The van der Waals surface area contributed by atoms with Gasteiger partial charge in [0.2, 0.25) is 0 Å². The van der Waals surface area contributed by atoms with Gasteiger partial charge in [0.25, 0.3) is 0 Å². The molecule has 80 valence electrons. The molecule has 1 rings (SSSR count). The molecule has 0 atom stereocenters. The molecule has 1 saturated carbocycles. The second kappa shape index (κ2) is 5.74. The molecule has 0 amide bonds. The van der Waals surface area contributed by atoms with Crippen LogP contribution in [0.3, 0.4) is 0 Å². The quantitative estimate of drug-likeness (QED) is 0.607. The Hall–Kier alpha value is -0.920. The lowest BCUT2D eigenvalue weighted by Crippen LogP contribution is -2.33. The molecule has 0 aliphatic heterocycles. The number of rotatable bonds is 6. The van der Waals surface area contributed by atoms with Gasteiger partial charge in [-0.25, -0.2) is 0 Å². The molecule has 0 N–H and O–H groups in total. The standard InChI is InChI=1S/C12H20O2/c1-3-13-10-12(11-14-4-2)8-6-5-7-9-12/h3-4H,1-2,5-11H2. The van der Waals surface area contributed by atoms with Crippen molar-refractivity contribution in [3.8, 4) is 0 Å². The van der Waals surface area contributed by atoms with Crippen molar-refractivity contribution in [1.29, 1.82) is 0 Å². The van der Waals surface area contributed by atoms with Crippen molar-refractivity contribution in [2.75, 3.05) is 13.2 Å². The molecule has 2 heteroatoms. The van der Waals surface area contributed by atoms with Gasteiger partial charge in [-0.15, -0.1) is 0 Å². The summed E-state index contributed by atoms with van der Waals surface area (Å²) in [5, 5.41) is 0. The topological polar surface area (TPSA) is 18.5 Å². The lowest BCUT2D eigenvalue weighted by molar-refractivity contribution is 0.0107. The minimum atomic E-state index is 0.195. The summed E-state index contributed by atoms with van der Waals surface area (Å²) in [4.78, 5) is 0. The third-order valence-electron chi connectivity index (χ3n) is 2.93. The third-order valence-corrected chi connectivity index (χ3v) is 2.93. The third kappa shape index (κ3) is 3.09. The summed E-state index contributed by atoms with van der Waals surface area (Å²) < 4.78 is 10.6. The van der Waals surface area contributed by atoms with Crippen LogP contribution in [0.2, 0.25) is 0 Å². The average Bonchev–Trinajstić information content (AvgIpc) is 2.25. The van der Waals surface area contributed by atoms with E-state index in [2.05, 4.69) is 13.2 Å². The average molecular weight is 196 g/mol. The van der Waals surface area contributed by atoms with Gasteiger partial charge in [0.05, 0.1) is 25.7 Å². The van der Waals surface area contributed by atoms with Crippen LogP contribution < -0.4 is 0 Å². The van der Waals surface area contributed by atoms with Gasteiger partial charge in [0.1, 0.15) is 0 Å². The van der Waals surface area contributed by atoms with Crippen LogP contribution in [0.15, 0.2) is 25.7 Å². The van der Waals surface area contributed by atoms with E-state index < -0.39 is 0 Å². The minimum absolute atomic E-state index is 0.195. The van der Waals surface area contributed by atoms with E-state index in [1.54, 1.807) is 0 Å². The highest BCUT2D eigenvalue weighted by atomic mass is 16.5. The lowest BCUT2D eigenvalue weighted by atomic mass is 9.75. The molecule has 2 nitrogen and oxygen atoms in total. The largest absolute Gasteiger partial charge is 0.501 e. The van der Waals surface area contributed by atoms with Crippen LogP contribution in [-0.4, -0.2) is 13.2 Å². The Morgan fingerprint density at radius 3 is 1.86 bits per heavy atom. The van der Waals surface area contributed by atoms with E-state index in [1.165, 1.54) is 44.6 Å². The lowest BCUT2D eigenvalue weighted by Gasteiger charge is -2.35. The first kappa shape index (κ1) is 11.2. The Bertz CT molecular complexity index is 167. The van der Waals surface area contributed by atoms with Crippen LogP contribution in [0.25, 0.3) is 0 Å². The van der Waals surface area contributed by atoms with Crippen molar-refractivity contribution < 1.29 is 9.47 Å². The number of ether oxygens (including phenoxy) is 2. The van der Waals surface area contributed by atoms with Gasteiger partial charge in [-0.2, -0.15) is 0 Å². The normalized spacial score (nSPS) is 19.7. The summed E-state index contributed by atoms with van der Waals surface area (Å²) in [5.41, 5.74) is 0.195. The fraction of sp³-hybridized carbons (Fsp3) is 0.667. The van der Waals surface area contributed by atoms with E-state index in [9.17, 15) is 0 Å². The summed E-state index contributed by atoms with van der Waals surface area (Å²) >= 11 is 0. The van der Waals surface area contributed by atoms with E-state index in [-0.39, 0.29) is 5.41 Å². The Balaban J connectivity index is 2.46. The summed E-state index contributed by atoms with van der Waals surface area (Å²) in [6.45, 7) is 8.60. The first-order chi connectivity index (χ1) is 6.83. The molecular formula is C12H20O2. The molecule has 1 aliphatic carbocycles. The van der Waals surface area contributed by atoms with Gasteiger partial charge >= 0.3 is 0 Å². The highest BCUT2D eigenvalue weighted by molar-refractivity contribution is 4.83. The van der Waals surface area contributed by atoms with Crippen molar-refractivity contribution in [2.24, 2.45) is 5.41 Å². The second-order valence-corrected chi connectivity index (χ2v) is 4.02. The van der Waals surface area contributed by atoms with Crippen molar-refractivity contribution in [3.63, 3.8) is 0 Å². The molecule has 0 aromatic heterocycles. The molecule has 1 fully saturated rings. The highest BCUT2D eigenvalue weighted by Gasteiger charge is 2.33. The fourth-order valence-electron chi connectivity index (χ4n) is 2.10. The Morgan fingerprint density at radius 2 is 1.43 bits per heavy atom. The van der Waals surface area contributed by atoms with Gasteiger partial charge in [0.15, 0.2) is 0 Å². The Labute approximate surface area is 86.6 Å². The van der Waals surface area contributed by atoms with E-state index in [4.69, 9.17) is 9.47 Å². The van der Waals surface area contributed by atoms with Crippen molar-refractivity contribution in [2.45, 2.75) is 32.1 Å². The van der Waals surface area contributed by atoms with Gasteiger partial charge in [-0.3, -0.25) is 0 Å². The zero-order valence-corrected chi connectivity index (χ0v) is 8.84. The predicted octanol–water partition coefficient (Wildman–Crippen LogP) is 3.26. The maximum atomic E-state index is 5.32. The molecule has 0 bridgehead atoms. The predicted molar refractivity (Wildman–Crippen MR) is 57.8 cm³/mol. The second-order valence-electron chi connectivity index (χ2n) is 4.02. The number of hydrogen-bond acceptors (Lipinski definition) is 2. The highest BCUT2D eigenvalue weighted by Crippen LogP contribution is 2.36. The van der Waals surface area contributed by atoms with Crippen LogP contribution >= 0.6 is 0 Å². The first-order valence-electron chi connectivity index (χ1n) is 5.28. The molecular weight excluding hydrogens is 176 g/mol. The summed E-state index contributed by atoms with van der Waals surface area (Å²) in [5.74, 6) is 0. The van der Waals surface area contributed by atoms with E-state index in [0.717, 1.165) is 13.2 Å². The SMILES string of the molecule is C=COCC1(COC=C)CCCCC1. The van der Waals surface area contributed by atoms with Gasteiger partial charge < -0.3 is 9.47 Å². The maximum absolute atomic E-state index is 5.32. The van der Waals surface area contributed by atoms with Gasteiger partial charge in [-0.05, 0) is 12.8 Å². The molecule has 0 radical (unpaired) electrons. The summed E-state index contributed by atoms with van der Waals surface area (Å²) in [6.07, 6.45) is 9.31. The molecule has 0 aromatic rings. The van der Waals surface area contributed by atoms with Crippen molar-refractivity contribution in [3.05, 3.63) is 25.7 Å². The molecule has 14 heavy (non-hydrogen) atoms. The maximum Gasteiger partial charge on any atom is 0.0961 e. The van der Waals surface area contributed by atoms with E-state index in [0.29, 0.717) is 0 Å². The zero-order valence-electron chi connectivity index (χ0n) is 8.84. The van der Waals surface area contributed by atoms with E-state index >= 15 is 0 Å². The summed E-state index contributed by atoms with van der Waals surface area (Å²) in [7, 11) is 0. The van der Waals surface area contributed by atoms with Crippen LogP contribution in [0.5, 0.6) is 0 Å². The van der Waals surface area contributed by atoms with Crippen molar-refractivity contribution in [1.82, 2.24) is 0 Å².